The van der Waals surface area contributed by atoms with Crippen molar-refractivity contribution in [2.45, 2.75) is 26.2 Å². The van der Waals surface area contributed by atoms with E-state index >= 15 is 0 Å². The average molecular weight is 271 g/mol. The number of halogens is 1. The second kappa shape index (κ2) is 4.35. The van der Waals surface area contributed by atoms with Crippen molar-refractivity contribution >= 4 is 21.7 Å². The standard InChI is InChI=1S/C12H15BrO2/c1-12(2,3)9-6-8(11(15)7-13)4-5-10(9)14/h4-6,14H,7H2,1-3H3. The SMILES string of the molecule is CC(C)(C)c1cc(C(=O)CBr)ccc1O. The van der Waals surface area contributed by atoms with Crippen molar-refractivity contribution < 1.29 is 9.90 Å². The zero-order valence-electron chi connectivity index (χ0n) is 9.17. The fourth-order valence-corrected chi connectivity index (χ4v) is 1.71. The third kappa shape index (κ3) is 2.81. The van der Waals surface area contributed by atoms with E-state index in [-0.39, 0.29) is 16.9 Å². The minimum Gasteiger partial charge on any atom is -0.508 e. The number of hydrogen-bond acceptors (Lipinski definition) is 2. The number of Topliss-reactive ketones (excluding diaryl/α,β-unsaturated/α-hetero) is 1. The van der Waals surface area contributed by atoms with Gasteiger partial charge in [0.2, 0.25) is 0 Å². The third-order valence-electron chi connectivity index (χ3n) is 2.25. The highest BCUT2D eigenvalue weighted by atomic mass is 79.9. The second-order valence-electron chi connectivity index (χ2n) is 4.54. The topological polar surface area (TPSA) is 37.3 Å². The van der Waals surface area contributed by atoms with Gasteiger partial charge in [0.25, 0.3) is 0 Å². The summed E-state index contributed by atoms with van der Waals surface area (Å²) in [7, 11) is 0. The number of ketones is 1. The normalized spacial score (nSPS) is 11.5. The molecule has 0 fully saturated rings. The quantitative estimate of drug-likeness (QED) is 0.662. The van der Waals surface area contributed by atoms with Gasteiger partial charge in [0, 0.05) is 5.56 Å². The number of aromatic hydroxyl groups is 1. The molecule has 0 aliphatic rings. The zero-order valence-corrected chi connectivity index (χ0v) is 10.8. The summed E-state index contributed by atoms with van der Waals surface area (Å²) in [5, 5.41) is 10.0. The van der Waals surface area contributed by atoms with E-state index in [4.69, 9.17) is 0 Å². The van der Waals surface area contributed by atoms with Crippen molar-refractivity contribution in [2.75, 3.05) is 5.33 Å². The molecule has 0 radical (unpaired) electrons. The van der Waals surface area contributed by atoms with Gasteiger partial charge in [0.05, 0.1) is 5.33 Å². The zero-order chi connectivity index (χ0) is 11.6. The van der Waals surface area contributed by atoms with Crippen LogP contribution in [0.3, 0.4) is 0 Å². The van der Waals surface area contributed by atoms with Crippen molar-refractivity contribution in [1.82, 2.24) is 0 Å². The number of carbonyl (C=O) groups excluding carboxylic acids is 1. The first kappa shape index (κ1) is 12.2. The summed E-state index contributed by atoms with van der Waals surface area (Å²) in [6.07, 6.45) is 0. The molecule has 1 N–H and O–H groups in total. The third-order valence-corrected chi connectivity index (χ3v) is 2.76. The van der Waals surface area contributed by atoms with Gasteiger partial charge in [-0.2, -0.15) is 0 Å². The Morgan fingerprint density at radius 2 is 2.00 bits per heavy atom. The molecule has 2 nitrogen and oxygen atoms in total. The van der Waals surface area contributed by atoms with E-state index in [1.807, 2.05) is 20.8 Å². The lowest BCUT2D eigenvalue weighted by atomic mass is 9.85. The molecule has 0 atom stereocenters. The molecule has 0 spiro atoms. The number of carbonyl (C=O) groups is 1. The monoisotopic (exact) mass is 270 g/mol. The van der Waals surface area contributed by atoms with Gasteiger partial charge >= 0.3 is 0 Å². The lowest BCUT2D eigenvalue weighted by Crippen LogP contribution is -2.13. The van der Waals surface area contributed by atoms with Gasteiger partial charge < -0.3 is 5.11 Å². The molecule has 0 saturated carbocycles. The van der Waals surface area contributed by atoms with Gasteiger partial charge in [-0.1, -0.05) is 36.7 Å². The van der Waals surface area contributed by atoms with Crippen LogP contribution in [0.25, 0.3) is 0 Å². The Morgan fingerprint density at radius 3 is 2.47 bits per heavy atom. The number of phenols is 1. The molecule has 1 aromatic rings. The Hall–Kier alpha value is -0.830. The van der Waals surface area contributed by atoms with E-state index in [1.54, 1.807) is 18.2 Å². The summed E-state index contributed by atoms with van der Waals surface area (Å²) in [4.78, 5) is 11.5. The smallest absolute Gasteiger partial charge is 0.173 e. The van der Waals surface area contributed by atoms with Crippen molar-refractivity contribution in [3.63, 3.8) is 0 Å². The highest BCUT2D eigenvalue weighted by molar-refractivity contribution is 9.09. The Morgan fingerprint density at radius 1 is 1.40 bits per heavy atom. The maximum Gasteiger partial charge on any atom is 0.173 e. The van der Waals surface area contributed by atoms with E-state index in [0.717, 1.165) is 5.56 Å². The van der Waals surface area contributed by atoms with Crippen LogP contribution in [0.1, 0.15) is 36.7 Å². The lowest BCUT2D eigenvalue weighted by Gasteiger charge is -2.20. The Labute approximate surface area is 98.4 Å². The van der Waals surface area contributed by atoms with E-state index in [1.165, 1.54) is 0 Å². The van der Waals surface area contributed by atoms with Crippen molar-refractivity contribution in [3.05, 3.63) is 29.3 Å². The van der Waals surface area contributed by atoms with Crippen molar-refractivity contribution in [3.8, 4) is 5.75 Å². The molecule has 3 heteroatoms. The van der Waals surface area contributed by atoms with E-state index < -0.39 is 0 Å². The maximum atomic E-state index is 11.5. The van der Waals surface area contributed by atoms with Gasteiger partial charge in [-0.15, -0.1) is 0 Å². The summed E-state index contributed by atoms with van der Waals surface area (Å²) in [5.41, 5.74) is 1.27. The molecule has 0 aliphatic carbocycles. The fourth-order valence-electron chi connectivity index (χ4n) is 1.39. The number of phenolic OH excluding ortho intramolecular Hbond substituents is 1. The predicted octanol–water partition coefficient (Wildman–Crippen LogP) is 3.27. The van der Waals surface area contributed by atoms with Crippen LogP contribution in [-0.4, -0.2) is 16.2 Å². The maximum absolute atomic E-state index is 11.5. The highest BCUT2D eigenvalue weighted by Gasteiger charge is 2.19. The van der Waals surface area contributed by atoms with Gasteiger partial charge in [-0.3, -0.25) is 4.79 Å². The van der Waals surface area contributed by atoms with Crippen LogP contribution in [0.4, 0.5) is 0 Å². The van der Waals surface area contributed by atoms with Crippen LogP contribution < -0.4 is 0 Å². The van der Waals surface area contributed by atoms with E-state index in [2.05, 4.69) is 15.9 Å². The first-order chi connectivity index (χ1) is 6.86. The molecule has 0 bridgehead atoms. The van der Waals surface area contributed by atoms with Crippen LogP contribution in [0.15, 0.2) is 18.2 Å². The molecule has 0 unspecified atom stereocenters. The molecule has 0 aromatic heterocycles. The molecule has 82 valence electrons. The summed E-state index contributed by atoms with van der Waals surface area (Å²) in [6.45, 7) is 6.01. The van der Waals surface area contributed by atoms with Gasteiger partial charge in [-0.05, 0) is 29.2 Å². The van der Waals surface area contributed by atoms with Gasteiger partial charge in [0.15, 0.2) is 5.78 Å². The Balaban J connectivity index is 3.23. The van der Waals surface area contributed by atoms with E-state index in [0.29, 0.717) is 10.9 Å². The first-order valence-electron chi connectivity index (χ1n) is 4.79. The molecule has 15 heavy (non-hydrogen) atoms. The Bertz CT molecular complexity index is 378. The summed E-state index contributed by atoms with van der Waals surface area (Å²) in [5.74, 6) is 0.272. The molecule has 1 aromatic carbocycles. The average Bonchev–Trinajstić information content (AvgIpc) is 2.15. The lowest BCUT2D eigenvalue weighted by molar-refractivity contribution is 0.102. The van der Waals surface area contributed by atoms with E-state index in [9.17, 15) is 9.90 Å². The van der Waals surface area contributed by atoms with Crippen LogP contribution in [-0.2, 0) is 5.41 Å². The van der Waals surface area contributed by atoms with Gasteiger partial charge in [-0.25, -0.2) is 0 Å². The summed E-state index contributed by atoms with van der Waals surface area (Å²) < 4.78 is 0. The molecule has 0 saturated heterocycles. The second-order valence-corrected chi connectivity index (χ2v) is 5.10. The summed E-state index contributed by atoms with van der Waals surface area (Å²) in [6, 6.07) is 4.99. The molecular formula is C12H15BrO2. The first-order valence-corrected chi connectivity index (χ1v) is 5.91. The molecule has 0 heterocycles. The van der Waals surface area contributed by atoms with Crippen molar-refractivity contribution in [2.24, 2.45) is 0 Å². The minimum atomic E-state index is -0.160. The molecule has 1 rings (SSSR count). The predicted molar refractivity (Wildman–Crippen MR) is 64.9 cm³/mol. The van der Waals surface area contributed by atoms with Crippen LogP contribution in [0, 0.1) is 0 Å². The minimum absolute atomic E-state index is 0.0282. The van der Waals surface area contributed by atoms with Crippen LogP contribution >= 0.6 is 15.9 Å². The summed E-state index contributed by atoms with van der Waals surface area (Å²) >= 11 is 3.13. The number of hydrogen-bond donors (Lipinski definition) is 1. The Kier molecular flexibility index (Phi) is 3.55. The van der Waals surface area contributed by atoms with Crippen molar-refractivity contribution in [1.29, 1.82) is 0 Å². The molecule has 0 aliphatic heterocycles. The number of rotatable bonds is 2. The largest absolute Gasteiger partial charge is 0.508 e. The molecular weight excluding hydrogens is 256 g/mol. The fraction of sp³-hybridized carbons (Fsp3) is 0.417. The van der Waals surface area contributed by atoms with Crippen LogP contribution in [0.2, 0.25) is 0 Å². The number of alkyl halides is 1. The number of benzene rings is 1. The highest BCUT2D eigenvalue weighted by Crippen LogP contribution is 2.31. The van der Waals surface area contributed by atoms with Crippen LogP contribution in [0.5, 0.6) is 5.75 Å². The molecule has 0 amide bonds. The van der Waals surface area contributed by atoms with Gasteiger partial charge in [0.1, 0.15) is 5.75 Å².